The number of benzene rings is 2. The molecule has 0 spiro atoms. The second-order valence-electron chi connectivity index (χ2n) is 9.24. The third kappa shape index (κ3) is 7.42. The Morgan fingerprint density at radius 2 is 1.53 bits per heavy atom. The van der Waals surface area contributed by atoms with Crippen molar-refractivity contribution in [2.75, 3.05) is 5.32 Å². The van der Waals surface area contributed by atoms with Gasteiger partial charge in [-0.2, -0.15) is 4.98 Å². The highest BCUT2D eigenvalue weighted by Crippen LogP contribution is 2.26. The van der Waals surface area contributed by atoms with E-state index in [0.29, 0.717) is 29.6 Å². The topological polar surface area (TPSA) is 73.9 Å². The van der Waals surface area contributed by atoms with E-state index in [1.165, 1.54) is 30.4 Å². The fraction of sp³-hybridized carbons (Fsp3) is 0.345. The van der Waals surface area contributed by atoms with Crippen molar-refractivity contribution in [2.24, 2.45) is 0 Å². The van der Waals surface area contributed by atoms with E-state index >= 15 is 0 Å². The third-order valence-corrected chi connectivity index (χ3v) is 6.57. The first-order chi connectivity index (χ1) is 17.6. The lowest BCUT2D eigenvalue weighted by molar-refractivity contribution is -0.116. The van der Waals surface area contributed by atoms with Crippen LogP contribution in [0.5, 0.6) is 0 Å². The summed E-state index contributed by atoms with van der Waals surface area (Å²) in [4.78, 5) is 27.1. The number of anilines is 1. The second kappa shape index (κ2) is 13.2. The Balaban J connectivity index is 1.47. The molecule has 2 aromatic heterocycles. The van der Waals surface area contributed by atoms with Crippen molar-refractivity contribution in [3.63, 3.8) is 0 Å². The predicted molar refractivity (Wildman–Crippen MR) is 149 cm³/mol. The molecule has 0 fully saturated rings. The first kappa shape index (κ1) is 25.9. The van der Waals surface area contributed by atoms with Gasteiger partial charge in [-0.25, -0.2) is 4.98 Å². The minimum atomic E-state index is -0.0535. The molecule has 0 aliphatic heterocycles. The average Bonchev–Trinajstić information content (AvgIpc) is 3.28. The number of amides is 1. The molecule has 188 valence electrons. The highest BCUT2D eigenvalue weighted by molar-refractivity contribution is 7.80. The minimum Gasteiger partial charge on any atom is -0.346 e. The van der Waals surface area contributed by atoms with Crippen molar-refractivity contribution in [1.29, 1.82) is 0 Å². The summed E-state index contributed by atoms with van der Waals surface area (Å²) in [5.74, 6) is 0.243. The van der Waals surface area contributed by atoms with E-state index in [1.54, 1.807) is 0 Å². The van der Waals surface area contributed by atoms with Crippen molar-refractivity contribution in [1.82, 2.24) is 19.9 Å². The number of hydrogen-bond acceptors (Lipinski definition) is 5. The number of carbonyl (C=O) groups is 1. The van der Waals surface area contributed by atoms with E-state index in [2.05, 4.69) is 93.3 Å². The number of nitrogens with one attached hydrogen (secondary N) is 2. The van der Waals surface area contributed by atoms with Crippen molar-refractivity contribution in [2.45, 2.75) is 70.1 Å². The van der Waals surface area contributed by atoms with Gasteiger partial charge in [-0.1, -0.05) is 93.3 Å². The molecule has 0 saturated heterocycles. The molecule has 0 saturated carbocycles. The van der Waals surface area contributed by atoms with Gasteiger partial charge in [0.15, 0.2) is 0 Å². The minimum absolute atomic E-state index is 0.0535. The van der Waals surface area contributed by atoms with E-state index < -0.39 is 0 Å². The van der Waals surface area contributed by atoms with E-state index in [0.717, 1.165) is 36.9 Å². The molecule has 2 heterocycles. The zero-order valence-corrected chi connectivity index (χ0v) is 21.8. The van der Waals surface area contributed by atoms with Crippen LogP contribution in [-0.4, -0.2) is 25.8 Å². The van der Waals surface area contributed by atoms with E-state index in [-0.39, 0.29) is 5.91 Å². The maximum atomic E-state index is 12.4. The van der Waals surface area contributed by atoms with Gasteiger partial charge >= 0.3 is 0 Å². The molecule has 2 N–H and O–H groups in total. The maximum Gasteiger partial charge on any atom is 0.232 e. The largest absolute Gasteiger partial charge is 0.346 e. The summed E-state index contributed by atoms with van der Waals surface area (Å²) >= 11 is 4.67. The normalized spacial score (nSPS) is 11.3. The zero-order valence-electron chi connectivity index (χ0n) is 20.9. The summed E-state index contributed by atoms with van der Waals surface area (Å²) in [6.45, 7) is 4.53. The molecule has 7 heteroatoms. The van der Waals surface area contributed by atoms with Gasteiger partial charge in [-0.05, 0) is 23.1 Å². The van der Waals surface area contributed by atoms with Crippen molar-refractivity contribution < 1.29 is 4.79 Å². The Bertz CT molecular complexity index is 1200. The van der Waals surface area contributed by atoms with Gasteiger partial charge in [0.2, 0.25) is 11.9 Å². The van der Waals surface area contributed by atoms with Crippen LogP contribution >= 0.6 is 12.6 Å². The number of carbonyl (C=O) groups excluding carboxylic acids is 1. The van der Waals surface area contributed by atoms with Crippen LogP contribution in [-0.2, 0) is 24.4 Å². The van der Waals surface area contributed by atoms with E-state index in [1.807, 2.05) is 18.3 Å². The van der Waals surface area contributed by atoms with Gasteiger partial charge in [0.05, 0.1) is 5.39 Å². The molecule has 0 bridgehead atoms. The summed E-state index contributed by atoms with van der Waals surface area (Å²) < 4.78 is 0. The SMILES string of the molecule is CCCCCCCC(=O)Nc1nc(S)c2c(CN(Cc3ccccc3)Cc3ccccc3)c[nH]c2n1. The molecule has 0 aliphatic rings. The van der Waals surface area contributed by atoms with Crippen LogP contribution in [0.3, 0.4) is 0 Å². The lowest BCUT2D eigenvalue weighted by atomic mass is 10.1. The van der Waals surface area contributed by atoms with Crippen molar-refractivity contribution in [3.8, 4) is 0 Å². The van der Waals surface area contributed by atoms with Gasteiger partial charge in [0.25, 0.3) is 0 Å². The van der Waals surface area contributed by atoms with Gasteiger partial charge < -0.3 is 4.98 Å². The molecule has 0 unspecified atom stereocenters. The van der Waals surface area contributed by atoms with Crippen molar-refractivity contribution >= 4 is 35.5 Å². The van der Waals surface area contributed by atoms with Crippen LogP contribution in [0.4, 0.5) is 5.95 Å². The Hall–Kier alpha value is -3.16. The number of aromatic amines is 1. The fourth-order valence-corrected chi connectivity index (χ4v) is 4.77. The van der Waals surface area contributed by atoms with Gasteiger partial charge in [-0.3, -0.25) is 15.0 Å². The number of hydrogen-bond donors (Lipinski definition) is 3. The molecule has 4 rings (SSSR count). The van der Waals surface area contributed by atoms with Crippen molar-refractivity contribution in [3.05, 3.63) is 83.6 Å². The smallest absolute Gasteiger partial charge is 0.232 e. The highest BCUT2D eigenvalue weighted by Gasteiger charge is 2.16. The predicted octanol–water partition coefficient (Wildman–Crippen LogP) is 6.75. The van der Waals surface area contributed by atoms with Crippen LogP contribution in [0.2, 0.25) is 0 Å². The lowest BCUT2D eigenvalue weighted by Crippen LogP contribution is -2.22. The molecule has 1 amide bonds. The number of unbranched alkanes of at least 4 members (excludes halogenated alkanes) is 4. The quantitative estimate of drug-likeness (QED) is 0.108. The summed E-state index contributed by atoms with van der Waals surface area (Å²) in [5.41, 5.74) is 4.28. The van der Waals surface area contributed by atoms with Gasteiger partial charge in [0, 0.05) is 32.3 Å². The number of fused-ring (bicyclic) bond motifs is 1. The molecular formula is C29H35N5OS. The number of H-pyrrole nitrogens is 1. The lowest BCUT2D eigenvalue weighted by Gasteiger charge is -2.22. The Morgan fingerprint density at radius 1 is 0.889 bits per heavy atom. The molecule has 0 radical (unpaired) electrons. The van der Waals surface area contributed by atoms with Gasteiger partial charge in [0.1, 0.15) is 10.7 Å². The zero-order chi connectivity index (χ0) is 25.2. The number of nitrogens with zero attached hydrogens (tertiary/aromatic N) is 3. The van der Waals surface area contributed by atoms with Crippen LogP contribution in [0.25, 0.3) is 11.0 Å². The molecule has 6 nitrogen and oxygen atoms in total. The monoisotopic (exact) mass is 501 g/mol. The molecule has 36 heavy (non-hydrogen) atoms. The van der Waals surface area contributed by atoms with Crippen LogP contribution < -0.4 is 5.32 Å². The summed E-state index contributed by atoms with van der Waals surface area (Å²) in [5, 5.41) is 4.30. The second-order valence-corrected chi connectivity index (χ2v) is 9.66. The summed E-state index contributed by atoms with van der Waals surface area (Å²) in [6.07, 6.45) is 7.99. The Morgan fingerprint density at radius 3 is 2.17 bits per heavy atom. The Kier molecular flexibility index (Phi) is 9.53. The molecular weight excluding hydrogens is 466 g/mol. The number of rotatable bonds is 13. The summed E-state index contributed by atoms with van der Waals surface area (Å²) in [7, 11) is 0. The number of aromatic nitrogens is 3. The molecule has 4 aromatic rings. The molecule has 0 aliphatic carbocycles. The first-order valence-corrected chi connectivity index (χ1v) is 13.2. The molecule has 0 atom stereocenters. The van der Waals surface area contributed by atoms with Crippen LogP contribution in [0.15, 0.2) is 71.9 Å². The average molecular weight is 502 g/mol. The van der Waals surface area contributed by atoms with E-state index in [4.69, 9.17) is 0 Å². The standard InChI is InChI=1S/C29H35N5OS/c1-2-3-4-5-12-17-25(35)31-29-32-27-26(28(36)33-29)24(18-30-27)21-34(19-22-13-8-6-9-14-22)20-23-15-10-7-11-16-23/h6-11,13-16,18H,2-5,12,17,19-21H2,1H3,(H3,30,31,32,33,35,36). The summed E-state index contributed by atoms with van der Waals surface area (Å²) in [6, 6.07) is 21.0. The van der Waals surface area contributed by atoms with Gasteiger partial charge in [-0.15, -0.1) is 12.6 Å². The van der Waals surface area contributed by atoms with E-state index in [9.17, 15) is 4.79 Å². The molecule has 2 aromatic carbocycles. The third-order valence-electron chi connectivity index (χ3n) is 6.24. The van der Waals surface area contributed by atoms with Crippen LogP contribution in [0.1, 0.15) is 62.1 Å². The van der Waals surface area contributed by atoms with Crippen LogP contribution in [0, 0.1) is 0 Å². The fourth-order valence-electron chi connectivity index (χ4n) is 4.43. The number of thiol groups is 1. The highest BCUT2D eigenvalue weighted by atomic mass is 32.1. The first-order valence-electron chi connectivity index (χ1n) is 12.8. The Labute approximate surface area is 219 Å². The maximum absolute atomic E-state index is 12.4.